The van der Waals surface area contributed by atoms with Gasteiger partial charge in [-0.3, -0.25) is 0 Å². The lowest BCUT2D eigenvalue weighted by molar-refractivity contribution is -0.0479. The number of aliphatic hydroxyl groups is 2. The Morgan fingerprint density at radius 1 is 1.41 bits per heavy atom. The van der Waals surface area contributed by atoms with Crippen LogP contribution in [0.2, 0.25) is 0 Å². The first kappa shape index (κ1) is 24.0. The normalized spacial score (nSPS) is 25.4. The minimum absolute atomic E-state index is 0.202. The van der Waals surface area contributed by atoms with E-state index in [1.165, 1.54) is 4.57 Å². The van der Waals surface area contributed by atoms with Crippen LogP contribution in [0.1, 0.15) is 32.9 Å². The summed E-state index contributed by atoms with van der Waals surface area (Å²) < 4.78 is 12.3. The van der Waals surface area contributed by atoms with E-state index in [0.717, 1.165) is 19.4 Å². The molecular weight excluding hydrogens is 422 g/mol. The largest absolute Gasteiger partial charge is 0.479 e. The standard InChI is InChI=1S/C19H33N7O6/c1-4-30-11(2)24-31-8-6-5-7-25(3)9-12-14(27)15(28)18(32-12)26-17-13(23-19(26)29)16(20)21-10-22-17/h12,14-15,18,21,27-28H,4-10,20H2,1-3H3,(H,23,29)/t12-,14-,15-,18-/m1/s1. The van der Waals surface area contributed by atoms with E-state index >= 15 is 0 Å². The number of hydrogen-bond acceptors (Lipinski definition) is 11. The van der Waals surface area contributed by atoms with Crippen LogP contribution in [0.25, 0.3) is 5.82 Å². The highest BCUT2D eigenvalue weighted by Gasteiger charge is 2.45. The van der Waals surface area contributed by atoms with Crippen LogP contribution in [0.4, 0.5) is 0 Å². The van der Waals surface area contributed by atoms with Gasteiger partial charge in [0.1, 0.15) is 42.8 Å². The average molecular weight is 456 g/mol. The van der Waals surface area contributed by atoms with Crippen LogP contribution in [-0.2, 0) is 14.3 Å². The van der Waals surface area contributed by atoms with Crippen molar-refractivity contribution in [2.75, 3.05) is 40.0 Å². The molecule has 0 amide bonds. The number of nitrogens with zero attached hydrogens (tertiary/aromatic N) is 4. The zero-order valence-corrected chi connectivity index (χ0v) is 18.7. The highest BCUT2D eigenvalue weighted by Crippen LogP contribution is 2.28. The summed E-state index contributed by atoms with van der Waals surface area (Å²) in [4.78, 5) is 26.5. The van der Waals surface area contributed by atoms with Gasteiger partial charge < -0.3 is 45.5 Å². The van der Waals surface area contributed by atoms with E-state index in [4.69, 9.17) is 20.0 Å². The molecule has 0 saturated carbocycles. The van der Waals surface area contributed by atoms with Crippen LogP contribution in [0.15, 0.2) is 14.9 Å². The second-order valence-corrected chi connectivity index (χ2v) is 7.80. The molecule has 1 aromatic heterocycles. The molecule has 3 rings (SSSR count). The van der Waals surface area contributed by atoms with E-state index in [2.05, 4.69) is 20.4 Å². The molecule has 0 radical (unpaired) electrons. The third kappa shape index (κ3) is 5.41. The van der Waals surface area contributed by atoms with Crippen molar-refractivity contribution in [3.8, 4) is 0 Å². The van der Waals surface area contributed by atoms with Crippen molar-refractivity contribution >= 4 is 11.7 Å². The number of aromatic amines is 1. The fraction of sp³-hybridized carbons (Fsp3) is 0.737. The van der Waals surface area contributed by atoms with Gasteiger partial charge in [0.15, 0.2) is 11.7 Å². The minimum Gasteiger partial charge on any atom is -0.479 e. The van der Waals surface area contributed by atoms with Gasteiger partial charge in [0.2, 0.25) is 5.90 Å². The number of fused-ring (bicyclic) bond motifs is 1. The number of unbranched alkanes of at least 4 members (excludes halogenated alkanes) is 1. The molecule has 0 unspecified atom stereocenters. The molecule has 32 heavy (non-hydrogen) atoms. The van der Waals surface area contributed by atoms with E-state index in [1.54, 1.807) is 6.92 Å². The van der Waals surface area contributed by atoms with Gasteiger partial charge >= 0.3 is 5.69 Å². The summed E-state index contributed by atoms with van der Waals surface area (Å²) in [5, 5.41) is 28.1. The summed E-state index contributed by atoms with van der Waals surface area (Å²) in [7, 11) is 1.90. The fourth-order valence-electron chi connectivity index (χ4n) is 3.72. The Bertz CT molecular complexity index is 974. The molecule has 2 aliphatic heterocycles. The lowest BCUT2D eigenvalue weighted by Crippen LogP contribution is -2.46. The number of H-pyrrole nitrogens is 1. The lowest BCUT2D eigenvalue weighted by Gasteiger charge is -2.22. The molecule has 1 fully saturated rings. The maximum Gasteiger partial charge on any atom is 0.330 e. The molecule has 0 spiro atoms. The van der Waals surface area contributed by atoms with Crippen LogP contribution in [0, 0.1) is 0 Å². The molecule has 13 nitrogen and oxygen atoms in total. The minimum atomic E-state index is -1.28. The molecule has 0 bridgehead atoms. The molecule has 4 atom stereocenters. The second-order valence-electron chi connectivity index (χ2n) is 7.80. The van der Waals surface area contributed by atoms with Crippen molar-refractivity contribution in [3.05, 3.63) is 21.3 Å². The Kier molecular flexibility index (Phi) is 8.12. The zero-order valence-electron chi connectivity index (χ0n) is 18.7. The van der Waals surface area contributed by atoms with Gasteiger partial charge in [-0.15, -0.1) is 0 Å². The third-order valence-corrected chi connectivity index (χ3v) is 5.33. The molecule has 13 heteroatoms. The lowest BCUT2D eigenvalue weighted by atomic mass is 10.1. The number of likely N-dealkylation sites (N-methyl/N-ethyl adjacent to an activating group) is 1. The maximum absolute atomic E-state index is 12.5. The SMILES string of the molecule is CCOC(C)=NOCCCCN(C)C[C@H]1O[C@@H](n2c(=O)[nH]c3c2=NCNC=3N)[C@H](O)[C@@H]1O. The van der Waals surface area contributed by atoms with Crippen molar-refractivity contribution in [3.63, 3.8) is 0 Å². The van der Waals surface area contributed by atoms with Gasteiger partial charge in [0.25, 0.3) is 0 Å². The number of nitrogens with two attached hydrogens (primary N) is 1. The molecule has 1 aromatic rings. The summed E-state index contributed by atoms with van der Waals surface area (Å²) in [6.07, 6.45) is -2.52. The first-order valence-corrected chi connectivity index (χ1v) is 10.7. The molecule has 2 aliphatic rings. The Morgan fingerprint density at radius 2 is 2.19 bits per heavy atom. The second kappa shape index (κ2) is 10.8. The molecule has 180 valence electrons. The molecular formula is C19H33N7O6. The van der Waals surface area contributed by atoms with Crippen LogP contribution >= 0.6 is 0 Å². The van der Waals surface area contributed by atoms with Crippen molar-refractivity contribution < 1.29 is 24.5 Å². The maximum atomic E-state index is 12.5. The predicted molar refractivity (Wildman–Crippen MR) is 115 cm³/mol. The topological polar surface area (TPSA) is 172 Å². The quantitative estimate of drug-likeness (QED) is 0.107. The Labute approximate surface area is 185 Å². The predicted octanol–water partition coefficient (Wildman–Crippen LogP) is -2.90. The highest BCUT2D eigenvalue weighted by molar-refractivity contribution is 5.72. The number of hydrogen-bond donors (Lipinski definition) is 5. The highest BCUT2D eigenvalue weighted by atomic mass is 16.6. The molecule has 0 aliphatic carbocycles. The van der Waals surface area contributed by atoms with Gasteiger partial charge in [0.05, 0.1) is 6.61 Å². The molecule has 6 N–H and O–H groups in total. The average Bonchev–Trinajstić information content (AvgIpc) is 3.22. The van der Waals surface area contributed by atoms with Gasteiger partial charge in [-0.05, 0) is 33.4 Å². The number of oxime groups is 1. The van der Waals surface area contributed by atoms with E-state index in [-0.39, 0.29) is 12.5 Å². The van der Waals surface area contributed by atoms with Crippen LogP contribution in [-0.4, -0.2) is 88.9 Å². The number of nitrogens with one attached hydrogen (secondary N) is 2. The number of imidazole rings is 1. The van der Waals surface area contributed by atoms with E-state index in [9.17, 15) is 15.0 Å². The first-order valence-electron chi connectivity index (χ1n) is 10.7. The van der Waals surface area contributed by atoms with Crippen molar-refractivity contribution in [1.82, 2.24) is 19.8 Å². The fourth-order valence-corrected chi connectivity index (χ4v) is 3.72. The molecule has 1 saturated heterocycles. The first-order chi connectivity index (χ1) is 15.3. The van der Waals surface area contributed by atoms with Crippen LogP contribution in [0.3, 0.4) is 0 Å². The van der Waals surface area contributed by atoms with Gasteiger partial charge in [-0.25, -0.2) is 14.4 Å². The van der Waals surface area contributed by atoms with E-state index < -0.39 is 30.2 Å². The number of ether oxygens (including phenoxy) is 2. The van der Waals surface area contributed by atoms with Crippen LogP contribution < -0.4 is 27.6 Å². The van der Waals surface area contributed by atoms with Gasteiger partial charge in [-0.1, -0.05) is 5.16 Å². The Morgan fingerprint density at radius 3 is 2.94 bits per heavy atom. The molecule has 3 heterocycles. The van der Waals surface area contributed by atoms with E-state index in [1.807, 2.05) is 18.9 Å². The summed E-state index contributed by atoms with van der Waals surface area (Å²) in [5.41, 5.74) is 5.64. The monoisotopic (exact) mass is 455 g/mol. The van der Waals surface area contributed by atoms with Gasteiger partial charge in [0, 0.05) is 13.5 Å². The molecule has 0 aromatic carbocycles. The van der Waals surface area contributed by atoms with Crippen molar-refractivity contribution in [2.24, 2.45) is 15.9 Å². The van der Waals surface area contributed by atoms with Gasteiger partial charge in [-0.2, -0.15) is 0 Å². The van der Waals surface area contributed by atoms with Crippen molar-refractivity contribution in [2.45, 2.75) is 51.2 Å². The Hall–Kier alpha value is -2.61. The summed E-state index contributed by atoms with van der Waals surface area (Å²) >= 11 is 0. The number of rotatable bonds is 10. The zero-order chi connectivity index (χ0) is 23.3. The van der Waals surface area contributed by atoms with E-state index in [0.29, 0.717) is 36.5 Å². The Balaban J connectivity index is 1.53. The van der Waals surface area contributed by atoms with Crippen molar-refractivity contribution in [1.29, 1.82) is 0 Å². The number of aliphatic hydroxyl groups excluding tert-OH is 2. The number of aromatic nitrogens is 2. The summed E-state index contributed by atoms with van der Waals surface area (Å²) in [5.74, 6) is 0.787. The summed E-state index contributed by atoms with van der Waals surface area (Å²) in [6, 6.07) is 0. The van der Waals surface area contributed by atoms with Crippen LogP contribution in [0.5, 0.6) is 0 Å². The smallest absolute Gasteiger partial charge is 0.330 e. The summed E-state index contributed by atoms with van der Waals surface area (Å²) in [6.45, 7) is 5.96. The third-order valence-electron chi connectivity index (χ3n) is 5.33.